The van der Waals surface area contributed by atoms with E-state index in [1.54, 1.807) is 11.6 Å². The van der Waals surface area contributed by atoms with Crippen LogP contribution in [0.25, 0.3) is 11.0 Å². The van der Waals surface area contributed by atoms with Crippen molar-refractivity contribution >= 4 is 33.4 Å². The van der Waals surface area contributed by atoms with Crippen molar-refractivity contribution in [2.24, 2.45) is 7.05 Å². The van der Waals surface area contributed by atoms with Crippen molar-refractivity contribution < 1.29 is 4.79 Å². The number of nitrogens with one attached hydrogen (secondary N) is 2. The van der Waals surface area contributed by atoms with Crippen LogP contribution in [0, 0.1) is 0 Å². The zero-order chi connectivity index (χ0) is 18.1. The number of hydrogen-bond donors (Lipinski definition) is 2. The number of hydrogen-bond acceptors (Lipinski definition) is 5. The highest BCUT2D eigenvalue weighted by Gasteiger charge is 2.19. The molecular formula is C18H21N5O2S. The number of thiazole rings is 1. The van der Waals surface area contributed by atoms with Gasteiger partial charge in [0.2, 0.25) is 5.91 Å². The maximum Gasteiger partial charge on any atom is 0.329 e. The molecule has 0 spiro atoms. The highest BCUT2D eigenvalue weighted by Crippen LogP contribution is 2.31. The Kier molecular flexibility index (Phi) is 4.60. The molecule has 2 aromatic heterocycles. The molecule has 0 saturated carbocycles. The van der Waals surface area contributed by atoms with Crippen molar-refractivity contribution in [3.05, 3.63) is 45.8 Å². The molecule has 8 heteroatoms. The largest absolute Gasteiger partial charge is 0.329 e. The molecule has 3 aromatic rings. The van der Waals surface area contributed by atoms with Crippen LogP contribution in [0.3, 0.4) is 0 Å². The maximum absolute atomic E-state index is 12.4. The molecule has 3 heterocycles. The SMILES string of the molecule is Cn1c(=O)n(CC(=O)Nc2ncc(C3CCNCC3)s2)c2ccccc21. The molecule has 0 bridgehead atoms. The molecule has 0 aliphatic carbocycles. The van der Waals surface area contributed by atoms with Gasteiger partial charge >= 0.3 is 5.69 Å². The van der Waals surface area contributed by atoms with Crippen LogP contribution in [0.4, 0.5) is 5.13 Å². The summed E-state index contributed by atoms with van der Waals surface area (Å²) in [5.74, 6) is 0.273. The normalized spacial score (nSPS) is 15.4. The number of aromatic nitrogens is 3. The average molecular weight is 371 g/mol. The van der Waals surface area contributed by atoms with Gasteiger partial charge in [0.05, 0.1) is 11.0 Å². The predicted molar refractivity (Wildman–Crippen MR) is 103 cm³/mol. The van der Waals surface area contributed by atoms with Crippen LogP contribution in [0.5, 0.6) is 0 Å². The number of para-hydroxylation sites is 2. The summed E-state index contributed by atoms with van der Waals surface area (Å²) in [6.07, 6.45) is 4.06. The minimum absolute atomic E-state index is 0.0253. The maximum atomic E-state index is 12.4. The highest BCUT2D eigenvalue weighted by atomic mass is 32.1. The number of imidazole rings is 1. The van der Waals surface area contributed by atoms with E-state index in [2.05, 4.69) is 15.6 Å². The quantitative estimate of drug-likeness (QED) is 0.734. The van der Waals surface area contributed by atoms with Crippen LogP contribution in [-0.2, 0) is 18.4 Å². The van der Waals surface area contributed by atoms with Gasteiger partial charge in [-0.05, 0) is 44.0 Å². The standard InChI is InChI=1S/C18H21N5O2S/c1-22-13-4-2-3-5-14(13)23(18(22)25)11-16(24)21-17-20-10-15(26-17)12-6-8-19-9-7-12/h2-5,10,12,19H,6-9,11H2,1H3,(H,20,21,24). The fraction of sp³-hybridized carbons (Fsp3) is 0.389. The summed E-state index contributed by atoms with van der Waals surface area (Å²) < 4.78 is 3.05. The Morgan fingerprint density at radius 2 is 2.04 bits per heavy atom. The van der Waals surface area contributed by atoms with Crippen molar-refractivity contribution in [1.29, 1.82) is 0 Å². The van der Waals surface area contributed by atoms with Gasteiger partial charge in [-0.15, -0.1) is 11.3 Å². The lowest BCUT2D eigenvalue weighted by Crippen LogP contribution is -2.28. The zero-order valence-corrected chi connectivity index (χ0v) is 15.4. The minimum atomic E-state index is -0.241. The van der Waals surface area contributed by atoms with Gasteiger partial charge in [0.15, 0.2) is 5.13 Å². The molecular weight excluding hydrogens is 350 g/mol. The first-order valence-electron chi connectivity index (χ1n) is 8.74. The summed E-state index contributed by atoms with van der Waals surface area (Å²) >= 11 is 1.53. The molecule has 1 saturated heterocycles. The molecule has 1 aliphatic heterocycles. The Morgan fingerprint density at radius 3 is 2.81 bits per heavy atom. The van der Waals surface area contributed by atoms with E-state index in [9.17, 15) is 9.59 Å². The van der Waals surface area contributed by atoms with Gasteiger partial charge in [0.25, 0.3) is 0 Å². The Balaban J connectivity index is 1.49. The molecule has 4 rings (SSSR count). The van der Waals surface area contributed by atoms with Crippen molar-refractivity contribution in [3.8, 4) is 0 Å². The topological polar surface area (TPSA) is 81.0 Å². The Hall–Kier alpha value is -2.45. The van der Waals surface area contributed by atoms with Crippen LogP contribution in [0.1, 0.15) is 23.6 Å². The molecule has 1 amide bonds. The predicted octanol–water partition coefficient (Wildman–Crippen LogP) is 1.90. The number of piperidine rings is 1. The van der Waals surface area contributed by atoms with E-state index in [0.29, 0.717) is 11.0 Å². The van der Waals surface area contributed by atoms with E-state index in [4.69, 9.17) is 0 Å². The van der Waals surface area contributed by atoms with E-state index in [1.165, 1.54) is 20.8 Å². The van der Waals surface area contributed by atoms with E-state index in [1.807, 2.05) is 30.5 Å². The first kappa shape index (κ1) is 17.0. The minimum Gasteiger partial charge on any atom is -0.317 e. The van der Waals surface area contributed by atoms with Crippen LogP contribution in [0.15, 0.2) is 35.3 Å². The fourth-order valence-electron chi connectivity index (χ4n) is 3.46. The van der Waals surface area contributed by atoms with Gasteiger partial charge in [0.1, 0.15) is 6.54 Å². The Morgan fingerprint density at radius 1 is 1.31 bits per heavy atom. The summed E-state index contributed by atoms with van der Waals surface area (Å²) in [6, 6.07) is 7.46. The number of amides is 1. The molecule has 7 nitrogen and oxygen atoms in total. The smallest absolute Gasteiger partial charge is 0.317 e. The number of carbonyl (C=O) groups is 1. The number of rotatable bonds is 4. The Bertz CT molecular complexity index is 997. The van der Waals surface area contributed by atoms with E-state index < -0.39 is 0 Å². The van der Waals surface area contributed by atoms with Crippen molar-refractivity contribution in [3.63, 3.8) is 0 Å². The van der Waals surface area contributed by atoms with Gasteiger partial charge in [-0.2, -0.15) is 0 Å². The van der Waals surface area contributed by atoms with Crippen LogP contribution < -0.4 is 16.3 Å². The molecule has 2 N–H and O–H groups in total. The lowest BCUT2D eigenvalue weighted by Gasteiger charge is -2.20. The first-order valence-corrected chi connectivity index (χ1v) is 9.55. The van der Waals surface area contributed by atoms with Crippen molar-refractivity contribution in [1.82, 2.24) is 19.4 Å². The number of anilines is 1. The van der Waals surface area contributed by atoms with Crippen LogP contribution >= 0.6 is 11.3 Å². The van der Waals surface area contributed by atoms with Crippen molar-refractivity contribution in [2.75, 3.05) is 18.4 Å². The van der Waals surface area contributed by atoms with Crippen LogP contribution in [0.2, 0.25) is 0 Å². The lowest BCUT2D eigenvalue weighted by molar-refractivity contribution is -0.116. The summed E-state index contributed by atoms with van der Waals surface area (Å²) in [7, 11) is 1.71. The second kappa shape index (κ2) is 7.05. The monoisotopic (exact) mass is 371 g/mol. The second-order valence-electron chi connectivity index (χ2n) is 6.56. The lowest BCUT2D eigenvalue weighted by atomic mass is 9.97. The Labute approximate surface area is 154 Å². The summed E-state index contributed by atoms with van der Waals surface area (Å²) in [5.41, 5.74) is 1.37. The third-order valence-corrected chi connectivity index (χ3v) is 5.94. The molecule has 1 aliphatic rings. The molecule has 0 atom stereocenters. The summed E-state index contributed by atoms with van der Waals surface area (Å²) in [6.45, 7) is 2.02. The van der Waals surface area contributed by atoms with Gasteiger partial charge in [-0.25, -0.2) is 9.78 Å². The summed E-state index contributed by atoms with van der Waals surface area (Å²) in [5, 5.41) is 6.78. The van der Waals surface area contributed by atoms with E-state index in [0.717, 1.165) is 37.0 Å². The average Bonchev–Trinajstić information content (AvgIpc) is 3.22. The van der Waals surface area contributed by atoms with Gasteiger partial charge in [-0.1, -0.05) is 12.1 Å². The molecule has 1 fully saturated rings. The number of benzene rings is 1. The van der Waals surface area contributed by atoms with Crippen LogP contribution in [-0.4, -0.2) is 33.1 Å². The molecule has 0 unspecified atom stereocenters. The summed E-state index contributed by atoms with van der Waals surface area (Å²) in [4.78, 5) is 30.4. The number of aryl methyl sites for hydroxylation is 1. The third kappa shape index (κ3) is 3.17. The van der Waals surface area contributed by atoms with Gasteiger partial charge in [0, 0.05) is 18.1 Å². The van der Waals surface area contributed by atoms with Gasteiger partial charge in [-0.3, -0.25) is 13.9 Å². The van der Waals surface area contributed by atoms with E-state index >= 15 is 0 Å². The second-order valence-corrected chi connectivity index (χ2v) is 7.62. The van der Waals surface area contributed by atoms with Crippen molar-refractivity contribution in [2.45, 2.75) is 25.3 Å². The number of fused-ring (bicyclic) bond motifs is 1. The molecule has 1 aromatic carbocycles. The number of nitrogens with zero attached hydrogens (tertiary/aromatic N) is 3. The zero-order valence-electron chi connectivity index (χ0n) is 14.6. The fourth-order valence-corrected chi connectivity index (χ4v) is 4.46. The first-order chi connectivity index (χ1) is 12.6. The number of carbonyl (C=O) groups excluding carboxylic acids is 1. The highest BCUT2D eigenvalue weighted by molar-refractivity contribution is 7.15. The molecule has 26 heavy (non-hydrogen) atoms. The molecule has 0 radical (unpaired) electrons. The third-order valence-electron chi connectivity index (χ3n) is 4.86. The van der Waals surface area contributed by atoms with Gasteiger partial charge < -0.3 is 10.6 Å². The van der Waals surface area contributed by atoms with E-state index in [-0.39, 0.29) is 18.1 Å². The molecule has 136 valence electrons.